The minimum absolute atomic E-state index is 0.611. The van der Waals surface area contributed by atoms with Gasteiger partial charge >= 0.3 is 0 Å². The molecule has 0 heterocycles. The Labute approximate surface area is 106 Å². The third-order valence-electron chi connectivity index (χ3n) is 4.09. The summed E-state index contributed by atoms with van der Waals surface area (Å²) < 4.78 is 0. The van der Waals surface area contributed by atoms with Crippen LogP contribution in [0.25, 0.3) is 0 Å². The smallest absolute Gasteiger partial charge is 0.00144 e. The standard InChI is InChI=1S/C16H25N/c1-13(12-17-2)14-8-10-16(11-9-14)15-6-4-3-5-7-15/h8-11,13,15,17H,3-7,12H2,1-2H3. The van der Waals surface area contributed by atoms with E-state index in [9.17, 15) is 0 Å². The van der Waals surface area contributed by atoms with E-state index < -0.39 is 0 Å². The molecule has 1 fully saturated rings. The maximum absolute atomic E-state index is 3.24. The largest absolute Gasteiger partial charge is 0.319 e. The molecule has 1 aliphatic rings. The summed E-state index contributed by atoms with van der Waals surface area (Å²) in [5.41, 5.74) is 3.02. The van der Waals surface area contributed by atoms with Crippen molar-refractivity contribution < 1.29 is 0 Å². The zero-order valence-electron chi connectivity index (χ0n) is 11.2. The van der Waals surface area contributed by atoms with Crippen molar-refractivity contribution in [1.29, 1.82) is 0 Å². The van der Waals surface area contributed by atoms with E-state index in [-0.39, 0.29) is 0 Å². The van der Waals surface area contributed by atoms with Crippen molar-refractivity contribution in [3.8, 4) is 0 Å². The molecule has 1 aliphatic carbocycles. The number of hydrogen-bond acceptors (Lipinski definition) is 1. The minimum atomic E-state index is 0.611. The number of benzene rings is 1. The van der Waals surface area contributed by atoms with Gasteiger partial charge in [0.2, 0.25) is 0 Å². The zero-order valence-corrected chi connectivity index (χ0v) is 11.2. The minimum Gasteiger partial charge on any atom is -0.319 e. The second-order valence-electron chi connectivity index (χ2n) is 5.46. The SMILES string of the molecule is CNCC(C)c1ccc(C2CCCCC2)cc1. The topological polar surface area (TPSA) is 12.0 Å². The monoisotopic (exact) mass is 231 g/mol. The van der Waals surface area contributed by atoms with Gasteiger partial charge in [0, 0.05) is 6.54 Å². The van der Waals surface area contributed by atoms with Crippen LogP contribution in [0.5, 0.6) is 0 Å². The highest BCUT2D eigenvalue weighted by atomic mass is 14.8. The molecule has 1 unspecified atom stereocenters. The van der Waals surface area contributed by atoms with E-state index in [1.54, 1.807) is 5.56 Å². The molecular formula is C16H25N. The van der Waals surface area contributed by atoms with Crippen molar-refractivity contribution in [2.45, 2.75) is 50.9 Å². The van der Waals surface area contributed by atoms with Crippen molar-refractivity contribution in [3.63, 3.8) is 0 Å². The molecule has 1 heteroatoms. The van der Waals surface area contributed by atoms with Crippen molar-refractivity contribution in [1.82, 2.24) is 5.32 Å². The Balaban J connectivity index is 2.01. The fraction of sp³-hybridized carbons (Fsp3) is 0.625. The predicted octanol–water partition coefficient (Wildman–Crippen LogP) is 4.06. The van der Waals surface area contributed by atoms with Gasteiger partial charge in [0.15, 0.2) is 0 Å². The molecule has 1 aromatic rings. The highest BCUT2D eigenvalue weighted by Gasteiger charge is 2.15. The second-order valence-corrected chi connectivity index (χ2v) is 5.46. The predicted molar refractivity (Wildman–Crippen MR) is 74.6 cm³/mol. The van der Waals surface area contributed by atoms with E-state index in [1.807, 2.05) is 7.05 Å². The summed E-state index contributed by atoms with van der Waals surface area (Å²) in [6.45, 7) is 3.34. The number of nitrogens with one attached hydrogen (secondary N) is 1. The van der Waals surface area contributed by atoms with E-state index in [0.29, 0.717) is 5.92 Å². The van der Waals surface area contributed by atoms with Gasteiger partial charge in [-0.05, 0) is 42.9 Å². The zero-order chi connectivity index (χ0) is 12.1. The van der Waals surface area contributed by atoms with Crippen LogP contribution in [0.15, 0.2) is 24.3 Å². The van der Waals surface area contributed by atoms with Gasteiger partial charge in [0.1, 0.15) is 0 Å². The van der Waals surface area contributed by atoms with Crippen LogP contribution in [0.4, 0.5) is 0 Å². The summed E-state index contributed by atoms with van der Waals surface area (Å²) in [6.07, 6.45) is 7.07. The normalized spacial score (nSPS) is 19.2. The number of likely N-dealkylation sites (N-methyl/N-ethyl adjacent to an activating group) is 1. The Morgan fingerprint density at radius 2 is 1.76 bits per heavy atom. The van der Waals surface area contributed by atoms with E-state index in [4.69, 9.17) is 0 Å². The van der Waals surface area contributed by atoms with E-state index in [2.05, 4.69) is 36.5 Å². The number of rotatable bonds is 4. The Hall–Kier alpha value is -0.820. The third-order valence-corrected chi connectivity index (χ3v) is 4.09. The quantitative estimate of drug-likeness (QED) is 0.824. The van der Waals surface area contributed by atoms with Crippen LogP contribution in [-0.4, -0.2) is 13.6 Å². The van der Waals surface area contributed by atoms with Gasteiger partial charge in [-0.2, -0.15) is 0 Å². The molecule has 1 saturated carbocycles. The van der Waals surface area contributed by atoms with Gasteiger partial charge in [-0.25, -0.2) is 0 Å². The van der Waals surface area contributed by atoms with Gasteiger partial charge in [-0.3, -0.25) is 0 Å². The first-order chi connectivity index (χ1) is 8.31. The molecule has 1 aromatic carbocycles. The van der Waals surface area contributed by atoms with Crippen molar-refractivity contribution >= 4 is 0 Å². The molecule has 0 aliphatic heterocycles. The lowest BCUT2D eigenvalue weighted by Gasteiger charge is -2.22. The molecule has 0 radical (unpaired) electrons. The van der Waals surface area contributed by atoms with Gasteiger partial charge < -0.3 is 5.32 Å². The lowest BCUT2D eigenvalue weighted by atomic mass is 9.83. The van der Waals surface area contributed by atoms with Crippen LogP contribution in [0.3, 0.4) is 0 Å². The van der Waals surface area contributed by atoms with Crippen LogP contribution in [0.1, 0.15) is 62.0 Å². The number of hydrogen-bond donors (Lipinski definition) is 1. The van der Waals surface area contributed by atoms with Gasteiger partial charge in [-0.15, -0.1) is 0 Å². The first-order valence-electron chi connectivity index (χ1n) is 7.05. The highest BCUT2D eigenvalue weighted by Crippen LogP contribution is 2.33. The van der Waals surface area contributed by atoms with Crippen LogP contribution < -0.4 is 5.32 Å². The summed E-state index contributed by atoms with van der Waals surface area (Å²) >= 11 is 0. The maximum Gasteiger partial charge on any atom is 0.00144 e. The van der Waals surface area contributed by atoms with Crippen molar-refractivity contribution in [2.75, 3.05) is 13.6 Å². The van der Waals surface area contributed by atoms with Gasteiger partial charge in [0.25, 0.3) is 0 Å². The summed E-state index contributed by atoms with van der Waals surface area (Å²) in [5, 5.41) is 3.24. The molecule has 0 aromatic heterocycles. The van der Waals surface area contributed by atoms with E-state index >= 15 is 0 Å². The van der Waals surface area contributed by atoms with Crippen LogP contribution in [0.2, 0.25) is 0 Å². The molecule has 0 bridgehead atoms. The third kappa shape index (κ3) is 3.32. The van der Waals surface area contributed by atoms with E-state index in [1.165, 1.54) is 37.7 Å². The van der Waals surface area contributed by atoms with Crippen LogP contribution in [0, 0.1) is 0 Å². The van der Waals surface area contributed by atoms with Crippen molar-refractivity contribution in [2.24, 2.45) is 0 Å². The lowest BCUT2D eigenvalue weighted by Crippen LogP contribution is -2.14. The summed E-state index contributed by atoms with van der Waals surface area (Å²) in [6, 6.07) is 9.37. The summed E-state index contributed by atoms with van der Waals surface area (Å²) in [5.74, 6) is 1.44. The first-order valence-corrected chi connectivity index (χ1v) is 7.05. The van der Waals surface area contributed by atoms with Crippen LogP contribution in [-0.2, 0) is 0 Å². The summed E-state index contributed by atoms with van der Waals surface area (Å²) in [4.78, 5) is 0. The fourth-order valence-electron chi connectivity index (χ4n) is 2.96. The molecule has 0 amide bonds. The lowest BCUT2D eigenvalue weighted by molar-refractivity contribution is 0.443. The molecule has 1 atom stereocenters. The molecule has 1 N–H and O–H groups in total. The highest BCUT2D eigenvalue weighted by molar-refractivity contribution is 5.27. The Bertz CT molecular complexity index is 322. The molecular weight excluding hydrogens is 206 g/mol. The Morgan fingerprint density at radius 3 is 2.35 bits per heavy atom. The Kier molecular flexibility index (Phi) is 4.61. The average Bonchev–Trinajstić information content (AvgIpc) is 2.40. The molecule has 2 rings (SSSR count). The maximum atomic E-state index is 3.24. The summed E-state index contributed by atoms with van der Waals surface area (Å²) in [7, 11) is 2.02. The molecule has 94 valence electrons. The van der Waals surface area contributed by atoms with Gasteiger partial charge in [-0.1, -0.05) is 50.5 Å². The second kappa shape index (κ2) is 6.20. The molecule has 1 nitrogen and oxygen atoms in total. The average molecular weight is 231 g/mol. The molecule has 0 spiro atoms. The van der Waals surface area contributed by atoms with Crippen LogP contribution >= 0.6 is 0 Å². The Morgan fingerprint density at radius 1 is 1.12 bits per heavy atom. The molecule has 0 saturated heterocycles. The van der Waals surface area contributed by atoms with Gasteiger partial charge in [0.05, 0.1) is 0 Å². The van der Waals surface area contributed by atoms with Crippen molar-refractivity contribution in [3.05, 3.63) is 35.4 Å². The first kappa shape index (κ1) is 12.6. The fourth-order valence-corrected chi connectivity index (χ4v) is 2.96. The molecule has 17 heavy (non-hydrogen) atoms. The van der Waals surface area contributed by atoms with E-state index in [0.717, 1.165) is 12.5 Å².